The summed E-state index contributed by atoms with van der Waals surface area (Å²) in [7, 11) is 0. The SMILES string of the molecule is Cc1ccc(NC(=O)COC(=O)c2ccc3c(c2)C(=O)N(Cc2ccco2)C3=O)cc1[N+](=O)[O-]. The van der Waals surface area contributed by atoms with E-state index in [-0.39, 0.29) is 34.6 Å². The summed E-state index contributed by atoms with van der Waals surface area (Å²) in [5, 5.41) is 13.4. The van der Waals surface area contributed by atoms with Crippen LogP contribution in [0.5, 0.6) is 0 Å². The van der Waals surface area contributed by atoms with Gasteiger partial charge in [-0.1, -0.05) is 6.07 Å². The first-order valence-corrected chi connectivity index (χ1v) is 9.99. The van der Waals surface area contributed by atoms with Gasteiger partial charge >= 0.3 is 5.97 Å². The number of ether oxygens (including phenoxy) is 1. The number of anilines is 1. The maximum atomic E-state index is 12.7. The van der Waals surface area contributed by atoms with Gasteiger partial charge in [-0.25, -0.2) is 4.79 Å². The highest BCUT2D eigenvalue weighted by Gasteiger charge is 2.36. The van der Waals surface area contributed by atoms with Gasteiger partial charge in [0.15, 0.2) is 6.61 Å². The largest absolute Gasteiger partial charge is 0.467 e. The van der Waals surface area contributed by atoms with Crippen molar-refractivity contribution in [1.29, 1.82) is 0 Å². The lowest BCUT2D eigenvalue weighted by molar-refractivity contribution is -0.385. The molecule has 1 aromatic heterocycles. The van der Waals surface area contributed by atoms with Crippen LogP contribution in [-0.4, -0.2) is 40.1 Å². The van der Waals surface area contributed by atoms with Gasteiger partial charge in [-0.05, 0) is 43.3 Å². The van der Waals surface area contributed by atoms with Crippen molar-refractivity contribution in [2.24, 2.45) is 0 Å². The predicted octanol–water partition coefficient (Wildman–Crippen LogP) is 3.09. The number of carbonyl (C=O) groups is 4. The Morgan fingerprint density at radius 1 is 1.09 bits per heavy atom. The Morgan fingerprint density at radius 2 is 1.85 bits per heavy atom. The van der Waals surface area contributed by atoms with Gasteiger partial charge in [0.1, 0.15) is 5.76 Å². The van der Waals surface area contributed by atoms with E-state index >= 15 is 0 Å². The number of nitro benzene ring substituents is 1. The number of furan rings is 1. The highest BCUT2D eigenvalue weighted by Crippen LogP contribution is 2.26. The third-order valence-electron chi connectivity index (χ3n) is 5.12. The topological polar surface area (TPSA) is 149 Å². The van der Waals surface area contributed by atoms with Crippen molar-refractivity contribution in [3.63, 3.8) is 0 Å². The predicted molar refractivity (Wildman–Crippen MR) is 116 cm³/mol. The minimum Gasteiger partial charge on any atom is -0.467 e. The molecule has 1 aliphatic rings. The molecule has 0 fully saturated rings. The standard InChI is InChI=1S/C23H17N3O8/c1-13-4-6-15(10-19(13)26(31)32)24-20(27)12-34-23(30)14-5-7-17-18(9-14)22(29)25(21(17)28)11-16-3-2-8-33-16/h2-10H,11-12H2,1H3,(H,24,27). The first-order valence-electron chi connectivity index (χ1n) is 9.99. The molecule has 4 rings (SSSR count). The van der Waals surface area contributed by atoms with Crippen molar-refractivity contribution in [1.82, 2.24) is 4.90 Å². The molecule has 0 spiro atoms. The van der Waals surface area contributed by atoms with Gasteiger partial charge < -0.3 is 14.5 Å². The molecule has 0 saturated heterocycles. The molecule has 3 amide bonds. The second-order valence-electron chi connectivity index (χ2n) is 7.42. The summed E-state index contributed by atoms with van der Waals surface area (Å²) in [6, 6.07) is 11.3. The smallest absolute Gasteiger partial charge is 0.338 e. The fourth-order valence-electron chi connectivity index (χ4n) is 3.42. The Labute approximate surface area is 192 Å². The van der Waals surface area contributed by atoms with Crippen molar-refractivity contribution < 1.29 is 33.3 Å². The molecule has 0 aliphatic carbocycles. The zero-order valence-corrected chi connectivity index (χ0v) is 17.8. The summed E-state index contributed by atoms with van der Waals surface area (Å²) >= 11 is 0. The summed E-state index contributed by atoms with van der Waals surface area (Å²) in [6.07, 6.45) is 1.43. The van der Waals surface area contributed by atoms with Crippen LogP contribution in [0.25, 0.3) is 0 Å². The second kappa shape index (κ2) is 8.98. The fourth-order valence-corrected chi connectivity index (χ4v) is 3.42. The van der Waals surface area contributed by atoms with Gasteiger partial charge in [0.05, 0.1) is 34.4 Å². The summed E-state index contributed by atoms with van der Waals surface area (Å²) in [4.78, 5) is 61.2. The van der Waals surface area contributed by atoms with Crippen LogP contribution < -0.4 is 5.32 Å². The van der Waals surface area contributed by atoms with E-state index in [4.69, 9.17) is 9.15 Å². The third kappa shape index (κ3) is 4.39. The number of nitrogens with zero attached hydrogens (tertiary/aromatic N) is 2. The number of nitrogens with one attached hydrogen (secondary N) is 1. The van der Waals surface area contributed by atoms with Gasteiger partial charge in [0.2, 0.25) is 0 Å². The monoisotopic (exact) mass is 463 g/mol. The number of amides is 3. The summed E-state index contributed by atoms with van der Waals surface area (Å²) < 4.78 is 10.2. The molecule has 11 nitrogen and oxygen atoms in total. The number of esters is 1. The number of fused-ring (bicyclic) bond motifs is 1. The van der Waals surface area contributed by atoms with E-state index in [1.54, 1.807) is 19.1 Å². The molecule has 2 heterocycles. The molecule has 0 bridgehead atoms. The van der Waals surface area contributed by atoms with Crippen molar-refractivity contribution in [3.8, 4) is 0 Å². The zero-order valence-electron chi connectivity index (χ0n) is 17.8. The molecule has 0 radical (unpaired) electrons. The zero-order chi connectivity index (χ0) is 24.4. The van der Waals surface area contributed by atoms with E-state index in [2.05, 4.69) is 5.32 Å². The molecule has 3 aromatic rings. The lowest BCUT2D eigenvalue weighted by Gasteiger charge is -2.11. The molecule has 2 aromatic carbocycles. The van der Waals surface area contributed by atoms with Crippen LogP contribution in [0, 0.1) is 17.0 Å². The van der Waals surface area contributed by atoms with Crippen LogP contribution >= 0.6 is 0 Å². The Kier molecular flexibility index (Phi) is 5.92. The van der Waals surface area contributed by atoms with Crippen LogP contribution in [-0.2, 0) is 16.1 Å². The Hall–Kier alpha value is -4.80. The summed E-state index contributed by atoms with van der Waals surface area (Å²) in [5.74, 6) is -2.24. The van der Waals surface area contributed by atoms with Gasteiger partial charge in [-0.2, -0.15) is 0 Å². The van der Waals surface area contributed by atoms with E-state index < -0.39 is 35.2 Å². The van der Waals surface area contributed by atoms with Crippen LogP contribution in [0.1, 0.15) is 42.4 Å². The summed E-state index contributed by atoms with van der Waals surface area (Å²) in [6.45, 7) is 0.863. The van der Waals surface area contributed by atoms with Gasteiger partial charge in [0.25, 0.3) is 23.4 Å². The van der Waals surface area contributed by atoms with Crippen molar-refractivity contribution in [3.05, 3.63) is 92.9 Å². The number of aryl methyl sites for hydroxylation is 1. The molecule has 11 heteroatoms. The van der Waals surface area contributed by atoms with Crippen LogP contribution in [0.2, 0.25) is 0 Å². The van der Waals surface area contributed by atoms with Crippen LogP contribution in [0.4, 0.5) is 11.4 Å². The maximum Gasteiger partial charge on any atom is 0.338 e. The van der Waals surface area contributed by atoms with E-state index in [0.29, 0.717) is 11.3 Å². The molecule has 0 unspecified atom stereocenters. The number of benzene rings is 2. The van der Waals surface area contributed by atoms with E-state index in [9.17, 15) is 29.3 Å². The maximum absolute atomic E-state index is 12.7. The molecular formula is C23H17N3O8. The fraction of sp³-hybridized carbons (Fsp3) is 0.130. The first kappa shape index (κ1) is 22.4. The number of imide groups is 1. The lowest BCUT2D eigenvalue weighted by Crippen LogP contribution is -2.28. The van der Waals surface area contributed by atoms with Gasteiger partial charge in [0, 0.05) is 17.3 Å². The molecule has 0 saturated carbocycles. The summed E-state index contributed by atoms with van der Waals surface area (Å²) in [5.41, 5.74) is 0.624. The van der Waals surface area contributed by atoms with Crippen LogP contribution in [0.15, 0.2) is 59.2 Å². The van der Waals surface area contributed by atoms with Gasteiger partial charge in [-0.3, -0.25) is 29.4 Å². The van der Waals surface area contributed by atoms with Crippen molar-refractivity contribution in [2.75, 3.05) is 11.9 Å². The minimum atomic E-state index is -0.877. The number of rotatable bonds is 7. The lowest BCUT2D eigenvalue weighted by atomic mass is 10.1. The average Bonchev–Trinajstić information content (AvgIpc) is 3.41. The molecule has 34 heavy (non-hydrogen) atoms. The highest BCUT2D eigenvalue weighted by molar-refractivity contribution is 6.21. The number of hydrogen-bond acceptors (Lipinski definition) is 8. The van der Waals surface area contributed by atoms with Crippen LogP contribution in [0.3, 0.4) is 0 Å². The molecule has 1 aliphatic heterocycles. The van der Waals surface area contributed by atoms with E-state index in [0.717, 1.165) is 4.90 Å². The Bertz CT molecular complexity index is 1330. The molecule has 1 N–H and O–H groups in total. The molecule has 0 atom stereocenters. The van der Waals surface area contributed by atoms with E-state index in [1.165, 1.54) is 42.7 Å². The Balaban J connectivity index is 1.39. The Morgan fingerprint density at radius 3 is 2.56 bits per heavy atom. The second-order valence-corrected chi connectivity index (χ2v) is 7.42. The normalized spacial score (nSPS) is 12.4. The third-order valence-corrected chi connectivity index (χ3v) is 5.12. The number of carbonyl (C=O) groups excluding carboxylic acids is 4. The number of hydrogen-bond donors (Lipinski definition) is 1. The van der Waals surface area contributed by atoms with Gasteiger partial charge in [-0.15, -0.1) is 0 Å². The molecule has 172 valence electrons. The molecular weight excluding hydrogens is 446 g/mol. The van der Waals surface area contributed by atoms with Crippen molar-refractivity contribution in [2.45, 2.75) is 13.5 Å². The van der Waals surface area contributed by atoms with Crippen molar-refractivity contribution >= 4 is 35.1 Å². The first-order chi connectivity index (χ1) is 16.2. The quantitative estimate of drug-likeness (QED) is 0.243. The van der Waals surface area contributed by atoms with E-state index in [1.807, 2.05) is 0 Å². The minimum absolute atomic E-state index is 0.0153. The highest BCUT2D eigenvalue weighted by atomic mass is 16.6. The number of nitro groups is 1. The average molecular weight is 463 g/mol.